The number of aliphatic imine (C=N–C) groups is 1. The number of hydrogen-bond acceptors (Lipinski definition) is 2. The second-order valence-corrected chi connectivity index (χ2v) is 4.10. The van der Waals surface area contributed by atoms with E-state index in [-0.39, 0.29) is 6.04 Å². The van der Waals surface area contributed by atoms with Crippen molar-refractivity contribution in [2.24, 2.45) is 4.99 Å². The summed E-state index contributed by atoms with van der Waals surface area (Å²) in [6.45, 7) is 7.36. The van der Waals surface area contributed by atoms with E-state index in [1.807, 2.05) is 19.9 Å². The summed E-state index contributed by atoms with van der Waals surface area (Å²) in [5, 5.41) is 8.65. The van der Waals surface area contributed by atoms with Crippen LogP contribution in [0, 0.1) is 11.3 Å². The van der Waals surface area contributed by atoms with Crippen LogP contribution in [0.1, 0.15) is 27.7 Å². The Morgan fingerprint density at radius 1 is 1.55 bits per heavy atom. The molecule has 0 aliphatic carbocycles. The van der Waals surface area contributed by atoms with Crippen molar-refractivity contribution in [3.05, 3.63) is 0 Å². The predicted octanol–water partition coefficient (Wildman–Crippen LogP) is 2.38. The summed E-state index contributed by atoms with van der Waals surface area (Å²) in [7, 11) is 0. The second kappa shape index (κ2) is 3.73. The number of rotatable bonds is 2. The van der Waals surface area contributed by atoms with Gasteiger partial charge in [-0.25, -0.2) is 0 Å². The van der Waals surface area contributed by atoms with E-state index in [1.54, 1.807) is 13.8 Å². The van der Waals surface area contributed by atoms with Crippen LogP contribution >= 0.6 is 11.6 Å². The summed E-state index contributed by atoms with van der Waals surface area (Å²) < 4.78 is 0. The molecule has 0 aliphatic rings. The molecule has 2 nitrogen and oxygen atoms in total. The van der Waals surface area contributed by atoms with Crippen LogP contribution in [0.4, 0.5) is 0 Å². The Balaban J connectivity index is 4.58. The molecule has 0 heterocycles. The molecule has 0 rings (SSSR count). The molecule has 0 aromatic carbocycles. The van der Waals surface area contributed by atoms with E-state index in [0.29, 0.717) is 5.71 Å². The molecule has 62 valence electrons. The van der Waals surface area contributed by atoms with Crippen LogP contribution in [0.15, 0.2) is 4.99 Å². The molecular formula is C8H13ClN2. The van der Waals surface area contributed by atoms with Crippen molar-refractivity contribution in [2.75, 3.05) is 0 Å². The summed E-state index contributed by atoms with van der Waals surface area (Å²) in [5.74, 6) is 0. The van der Waals surface area contributed by atoms with Crippen molar-refractivity contribution in [2.45, 2.75) is 38.6 Å². The lowest BCUT2D eigenvalue weighted by atomic mass is 10.1. The molecule has 0 unspecified atom stereocenters. The molecule has 0 saturated heterocycles. The molecule has 0 aliphatic heterocycles. The van der Waals surface area contributed by atoms with Crippen LogP contribution in [0.5, 0.6) is 0 Å². The Morgan fingerprint density at radius 3 is 2.09 bits per heavy atom. The molecule has 0 atom stereocenters. The maximum atomic E-state index is 8.65. The highest BCUT2D eigenvalue weighted by atomic mass is 35.5. The quantitative estimate of drug-likeness (QED) is 0.466. The fourth-order valence-corrected chi connectivity index (χ4v) is 0.665. The van der Waals surface area contributed by atoms with E-state index in [1.165, 1.54) is 0 Å². The van der Waals surface area contributed by atoms with E-state index in [9.17, 15) is 0 Å². The monoisotopic (exact) mass is 172 g/mol. The standard InChI is InChI=1S/C8H13ClN2/c1-6(2)11-7(5-10)8(3,4)9/h6H,1-4H3. The maximum absolute atomic E-state index is 8.65. The van der Waals surface area contributed by atoms with Gasteiger partial charge in [-0.15, -0.1) is 11.6 Å². The van der Waals surface area contributed by atoms with Gasteiger partial charge >= 0.3 is 0 Å². The van der Waals surface area contributed by atoms with Crippen LogP contribution in [0.3, 0.4) is 0 Å². The van der Waals surface area contributed by atoms with Gasteiger partial charge in [-0.1, -0.05) is 0 Å². The van der Waals surface area contributed by atoms with Gasteiger partial charge in [-0.3, -0.25) is 4.99 Å². The van der Waals surface area contributed by atoms with Crippen LogP contribution in [0.2, 0.25) is 0 Å². The number of hydrogen-bond donors (Lipinski definition) is 0. The number of alkyl halides is 1. The predicted molar refractivity (Wildman–Crippen MR) is 48.1 cm³/mol. The van der Waals surface area contributed by atoms with Gasteiger partial charge in [0.15, 0.2) is 0 Å². The minimum atomic E-state index is -0.640. The molecule has 0 radical (unpaired) electrons. The van der Waals surface area contributed by atoms with Gasteiger partial charge in [0, 0.05) is 6.04 Å². The lowest BCUT2D eigenvalue weighted by Crippen LogP contribution is -2.24. The van der Waals surface area contributed by atoms with Crippen LogP contribution < -0.4 is 0 Å². The summed E-state index contributed by atoms with van der Waals surface area (Å²) in [6.07, 6.45) is 0. The lowest BCUT2D eigenvalue weighted by molar-refractivity contribution is 0.814. The summed E-state index contributed by atoms with van der Waals surface area (Å²) in [4.78, 5) is 3.45. The molecule has 0 amide bonds. The van der Waals surface area contributed by atoms with Gasteiger partial charge in [-0.05, 0) is 27.7 Å². The van der Waals surface area contributed by atoms with E-state index >= 15 is 0 Å². The molecule has 0 N–H and O–H groups in total. The van der Waals surface area contributed by atoms with E-state index < -0.39 is 4.87 Å². The van der Waals surface area contributed by atoms with Crippen molar-refractivity contribution in [3.63, 3.8) is 0 Å². The molecule has 3 heteroatoms. The first-order valence-corrected chi connectivity index (χ1v) is 3.93. The van der Waals surface area contributed by atoms with Crippen LogP contribution in [-0.2, 0) is 0 Å². The summed E-state index contributed by atoms with van der Waals surface area (Å²) in [6, 6.07) is 2.12. The topological polar surface area (TPSA) is 36.1 Å². The van der Waals surface area contributed by atoms with Crippen molar-refractivity contribution in [1.29, 1.82) is 5.26 Å². The van der Waals surface area contributed by atoms with Gasteiger partial charge in [-0.2, -0.15) is 5.26 Å². The Morgan fingerprint density at radius 2 is 2.00 bits per heavy atom. The zero-order chi connectivity index (χ0) is 9.07. The van der Waals surface area contributed by atoms with Crippen molar-refractivity contribution in [1.82, 2.24) is 0 Å². The van der Waals surface area contributed by atoms with E-state index in [4.69, 9.17) is 16.9 Å². The Bertz CT molecular complexity index is 193. The van der Waals surface area contributed by atoms with Gasteiger partial charge in [0.1, 0.15) is 11.8 Å². The maximum Gasteiger partial charge on any atom is 0.132 e. The third-order valence-electron chi connectivity index (χ3n) is 1.06. The number of nitrogens with zero attached hydrogens (tertiary/aromatic N) is 2. The molecule has 0 aromatic heterocycles. The second-order valence-electron chi connectivity index (χ2n) is 3.16. The Labute approximate surface area is 72.9 Å². The number of halogens is 1. The van der Waals surface area contributed by atoms with Gasteiger partial charge < -0.3 is 0 Å². The molecular weight excluding hydrogens is 160 g/mol. The number of nitriles is 1. The third kappa shape index (κ3) is 4.00. The van der Waals surface area contributed by atoms with Gasteiger partial charge in [0.2, 0.25) is 0 Å². The first-order valence-electron chi connectivity index (χ1n) is 3.55. The molecule has 0 saturated carbocycles. The van der Waals surface area contributed by atoms with Crippen LogP contribution in [-0.4, -0.2) is 16.6 Å². The highest BCUT2D eigenvalue weighted by Crippen LogP contribution is 2.15. The van der Waals surface area contributed by atoms with Crippen molar-refractivity contribution >= 4 is 17.3 Å². The highest BCUT2D eigenvalue weighted by Gasteiger charge is 2.21. The minimum absolute atomic E-state index is 0.127. The van der Waals surface area contributed by atoms with Crippen molar-refractivity contribution in [3.8, 4) is 6.07 Å². The van der Waals surface area contributed by atoms with Gasteiger partial charge in [0.25, 0.3) is 0 Å². The normalized spacial score (nSPS) is 13.4. The molecule has 0 bridgehead atoms. The summed E-state index contributed by atoms with van der Waals surface area (Å²) in [5.41, 5.74) is 0.397. The zero-order valence-corrected chi connectivity index (χ0v) is 8.11. The minimum Gasteiger partial charge on any atom is -0.274 e. The fourth-order valence-electron chi connectivity index (χ4n) is 0.573. The SMILES string of the molecule is CC(C)N=C(C#N)C(C)(C)Cl. The van der Waals surface area contributed by atoms with E-state index in [0.717, 1.165) is 0 Å². The Kier molecular flexibility index (Phi) is 3.54. The average Bonchev–Trinajstić information content (AvgIpc) is 1.79. The highest BCUT2D eigenvalue weighted by molar-refractivity contribution is 6.38. The molecule has 0 spiro atoms. The van der Waals surface area contributed by atoms with Crippen molar-refractivity contribution < 1.29 is 0 Å². The van der Waals surface area contributed by atoms with Crippen LogP contribution in [0.25, 0.3) is 0 Å². The third-order valence-corrected chi connectivity index (χ3v) is 1.24. The Hall–Kier alpha value is -0.550. The lowest BCUT2D eigenvalue weighted by Gasteiger charge is -2.13. The molecule has 0 fully saturated rings. The van der Waals surface area contributed by atoms with Gasteiger partial charge in [0.05, 0.1) is 4.87 Å². The first kappa shape index (κ1) is 10.4. The zero-order valence-electron chi connectivity index (χ0n) is 7.35. The molecule has 11 heavy (non-hydrogen) atoms. The first-order chi connectivity index (χ1) is 4.88. The largest absolute Gasteiger partial charge is 0.274 e. The summed E-state index contributed by atoms with van der Waals surface area (Å²) >= 11 is 5.89. The molecule has 0 aromatic rings. The average molecular weight is 173 g/mol. The van der Waals surface area contributed by atoms with E-state index in [2.05, 4.69) is 4.99 Å². The fraction of sp³-hybridized carbons (Fsp3) is 0.750. The smallest absolute Gasteiger partial charge is 0.132 e.